The molecule has 3 rings (SSSR count). The van der Waals surface area contributed by atoms with Crippen molar-refractivity contribution in [3.8, 4) is 0 Å². The van der Waals surface area contributed by atoms with Crippen LogP contribution in [0, 0.1) is 13.8 Å². The van der Waals surface area contributed by atoms with Crippen molar-refractivity contribution >= 4 is 34.9 Å². The zero-order valence-corrected chi connectivity index (χ0v) is 17.7. The van der Waals surface area contributed by atoms with Crippen LogP contribution in [0.1, 0.15) is 34.8 Å². The quantitative estimate of drug-likeness (QED) is 0.594. The van der Waals surface area contributed by atoms with E-state index in [1.165, 1.54) is 0 Å². The molecule has 160 valence electrons. The lowest BCUT2D eigenvalue weighted by Crippen LogP contribution is -2.26. The zero-order valence-electron chi connectivity index (χ0n) is 16.1. The maximum Gasteiger partial charge on any atom is 0.453 e. The number of carbonyl (C=O) groups is 1. The van der Waals surface area contributed by atoms with E-state index in [2.05, 4.69) is 20.4 Å². The maximum atomic E-state index is 12.9. The van der Waals surface area contributed by atoms with Crippen molar-refractivity contribution in [1.29, 1.82) is 0 Å². The summed E-state index contributed by atoms with van der Waals surface area (Å²) >= 11 is 12.1. The Balaban J connectivity index is 1.63. The van der Waals surface area contributed by atoms with Gasteiger partial charge >= 0.3 is 6.18 Å². The topological polar surface area (TPSA) is 72.2 Å². The van der Waals surface area contributed by atoms with E-state index in [0.29, 0.717) is 46.4 Å². The third-order valence-corrected chi connectivity index (χ3v) is 5.51. The first-order valence-electron chi connectivity index (χ1n) is 9.07. The van der Waals surface area contributed by atoms with Gasteiger partial charge in [-0.05, 0) is 43.9 Å². The number of benzene rings is 1. The summed E-state index contributed by atoms with van der Waals surface area (Å²) in [5.74, 6) is -1.56. The van der Waals surface area contributed by atoms with Gasteiger partial charge in [0.05, 0.1) is 10.0 Å². The number of fused-ring (bicyclic) bond motifs is 1. The highest BCUT2D eigenvalue weighted by atomic mass is 35.5. The van der Waals surface area contributed by atoms with E-state index >= 15 is 0 Å². The molecule has 0 spiro atoms. The number of alkyl halides is 3. The highest BCUT2D eigenvalue weighted by Gasteiger charge is 2.36. The largest absolute Gasteiger partial charge is 0.453 e. The monoisotopic (exact) mass is 459 g/mol. The smallest absolute Gasteiger partial charge is 0.356 e. The summed E-state index contributed by atoms with van der Waals surface area (Å²) in [6, 6.07) is 5.31. The Labute approximate surface area is 180 Å². The first kappa shape index (κ1) is 22.3. The molecule has 0 aliphatic carbocycles. The Bertz CT molecular complexity index is 1100. The van der Waals surface area contributed by atoms with Crippen LogP contribution in [0.3, 0.4) is 0 Å². The van der Waals surface area contributed by atoms with Crippen LogP contribution in [0.15, 0.2) is 18.2 Å². The highest BCUT2D eigenvalue weighted by Crippen LogP contribution is 2.27. The van der Waals surface area contributed by atoms with Gasteiger partial charge in [-0.15, -0.1) is 5.10 Å². The highest BCUT2D eigenvalue weighted by molar-refractivity contribution is 6.42. The minimum absolute atomic E-state index is 0.121. The Hall–Kier alpha value is -2.39. The van der Waals surface area contributed by atoms with Crippen molar-refractivity contribution in [2.24, 2.45) is 0 Å². The van der Waals surface area contributed by atoms with Crippen LogP contribution < -0.4 is 5.32 Å². The fourth-order valence-electron chi connectivity index (χ4n) is 3.10. The molecule has 6 nitrogen and oxygen atoms in total. The number of hydrogen-bond donors (Lipinski definition) is 1. The second-order valence-electron chi connectivity index (χ2n) is 6.72. The standard InChI is InChI=1S/C19H18Cl2F3N5O/c1-10-13(11(2)29-18(26-10)27-17(28-29)19(22,23)24)6-7-15(30)25-9-8-12-4-3-5-14(20)16(12)21/h3-5H,6-9H2,1-2H3,(H,25,30). The van der Waals surface area contributed by atoms with Gasteiger partial charge in [0.2, 0.25) is 5.91 Å². The second kappa shape index (κ2) is 8.77. The Morgan fingerprint density at radius 3 is 2.60 bits per heavy atom. The molecule has 0 radical (unpaired) electrons. The fourth-order valence-corrected chi connectivity index (χ4v) is 3.51. The molecule has 1 aromatic carbocycles. The summed E-state index contributed by atoms with van der Waals surface area (Å²) in [5, 5.41) is 7.23. The number of aryl methyl sites for hydroxylation is 2. The van der Waals surface area contributed by atoms with Crippen molar-refractivity contribution < 1.29 is 18.0 Å². The van der Waals surface area contributed by atoms with E-state index in [1.54, 1.807) is 26.0 Å². The molecule has 0 aliphatic heterocycles. The van der Waals surface area contributed by atoms with Gasteiger partial charge in [0, 0.05) is 24.4 Å². The summed E-state index contributed by atoms with van der Waals surface area (Å²) in [6.07, 6.45) is -3.67. The molecular weight excluding hydrogens is 442 g/mol. The molecule has 2 aromatic heterocycles. The average Bonchev–Trinajstić information content (AvgIpc) is 3.09. The van der Waals surface area contributed by atoms with Crippen LogP contribution in [-0.2, 0) is 23.8 Å². The first-order chi connectivity index (χ1) is 14.1. The summed E-state index contributed by atoms with van der Waals surface area (Å²) in [5.41, 5.74) is 2.48. The zero-order chi connectivity index (χ0) is 22.1. The number of carbonyl (C=O) groups excluding carboxylic acids is 1. The number of halogens is 5. The first-order valence-corrected chi connectivity index (χ1v) is 9.83. The predicted molar refractivity (Wildman–Crippen MR) is 107 cm³/mol. The van der Waals surface area contributed by atoms with Gasteiger partial charge in [0.25, 0.3) is 11.6 Å². The van der Waals surface area contributed by atoms with Crippen LogP contribution in [0.4, 0.5) is 13.2 Å². The van der Waals surface area contributed by atoms with Crippen molar-refractivity contribution in [1.82, 2.24) is 24.9 Å². The Kier molecular flexibility index (Phi) is 6.52. The van der Waals surface area contributed by atoms with Crippen LogP contribution in [0.5, 0.6) is 0 Å². The average molecular weight is 460 g/mol. The van der Waals surface area contributed by atoms with Crippen LogP contribution in [0.2, 0.25) is 10.0 Å². The minimum Gasteiger partial charge on any atom is -0.356 e. The second-order valence-corrected chi connectivity index (χ2v) is 7.50. The molecule has 0 bridgehead atoms. The van der Waals surface area contributed by atoms with Gasteiger partial charge in [-0.25, -0.2) is 9.50 Å². The lowest BCUT2D eigenvalue weighted by atomic mass is 10.1. The number of amides is 1. The molecule has 2 heterocycles. The third-order valence-electron chi connectivity index (χ3n) is 4.65. The third kappa shape index (κ3) is 4.84. The van der Waals surface area contributed by atoms with Crippen LogP contribution in [-0.4, -0.2) is 32.0 Å². The molecule has 0 saturated carbocycles. The van der Waals surface area contributed by atoms with Crippen molar-refractivity contribution in [2.75, 3.05) is 6.54 Å². The van der Waals surface area contributed by atoms with E-state index in [4.69, 9.17) is 23.2 Å². The minimum atomic E-state index is -4.65. The SMILES string of the molecule is Cc1nc2nc(C(F)(F)F)nn2c(C)c1CCC(=O)NCCc1cccc(Cl)c1Cl. The van der Waals surface area contributed by atoms with Crippen molar-refractivity contribution in [2.45, 2.75) is 39.3 Å². The molecule has 0 unspecified atom stereocenters. The van der Waals surface area contributed by atoms with E-state index in [9.17, 15) is 18.0 Å². The molecule has 0 saturated heterocycles. The van der Waals surface area contributed by atoms with E-state index in [0.717, 1.165) is 10.1 Å². The molecule has 0 aliphatic rings. The normalized spacial score (nSPS) is 11.8. The molecule has 0 fully saturated rings. The number of nitrogens with one attached hydrogen (secondary N) is 1. The van der Waals surface area contributed by atoms with Gasteiger partial charge in [-0.1, -0.05) is 35.3 Å². The summed E-state index contributed by atoms with van der Waals surface area (Å²) in [6.45, 7) is 3.68. The van der Waals surface area contributed by atoms with E-state index < -0.39 is 12.0 Å². The van der Waals surface area contributed by atoms with Gasteiger partial charge < -0.3 is 5.32 Å². The van der Waals surface area contributed by atoms with Crippen LogP contribution >= 0.6 is 23.2 Å². The van der Waals surface area contributed by atoms with Crippen molar-refractivity contribution in [3.05, 3.63) is 56.6 Å². The van der Waals surface area contributed by atoms with E-state index in [-0.39, 0.29) is 18.1 Å². The number of rotatable bonds is 6. The molecule has 1 N–H and O–H groups in total. The lowest BCUT2D eigenvalue weighted by molar-refractivity contribution is -0.144. The summed E-state index contributed by atoms with van der Waals surface area (Å²) < 4.78 is 39.7. The fraction of sp³-hybridized carbons (Fsp3) is 0.368. The molecule has 1 amide bonds. The molecule has 30 heavy (non-hydrogen) atoms. The number of hydrogen-bond acceptors (Lipinski definition) is 4. The molecule has 3 aromatic rings. The Morgan fingerprint density at radius 1 is 1.17 bits per heavy atom. The van der Waals surface area contributed by atoms with Crippen molar-refractivity contribution in [3.63, 3.8) is 0 Å². The van der Waals surface area contributed by atoms with Gasteiger partial charge in [0.15, 0.2) is 0 Å². The van der Waals surface area contributed by atoms with E-state index in [1.807, 2.05) is 6.07 Å². The molecule has 11 heteroatoms. The molecular formula is C19H18Cl2F3N5O. The summed E-state index contributed by atoms with van der Waals surface area (Å²) in [7, 11) is 0. The van der Waals surface area contributed by atoms with Gasteiger partial charge in [0.1, 0.15) is 0 Å². The molecule has 0 atom stereocenters. The van der Waals surface area contributed by atoms with Crippen LogP contribution in [0.25, 0.3) is 5.78 Å². The summed E-state index contributed by atoms with van der Waals surface area (Å²) in [4.78, 5) is 19.7. The lowest BCUT2D eigenvalue weighted by Gasteiger charge is -2.11. The van der Waals surface area contributed by atoms with Gasteiger partial charge in [-0.3, -0.25) is 4.79 Å². The number of nitrogens with zero attached hydrogens (tertiary/aromatic N) is 4. The maximum absolute atomic E-state index is 12.9. The predicted octanol–water partition coefficient (Wildman–Crippen LogP) is 4.36. The Morgan fingerprint density at radius 2 is 1.90 bits per heavy atom. The number of aromatic nitrogens is 4. The van der Waals surface area contributed by atoms with Gasteiger partial charge in [-0.2, -0.15) is 18.2 Å².